The Labute approximate surface area is 98.5 Å². The highest BCUT2D eigenvalue weighted by molar-refractivity contribution is 5.44. The minimum atomic E-state index is 0.727. The van der Waals surface area contributed by atoms with Gasteiger partial charge in [-0.15, -0.1) is 0 Å². The van der Waals surface area contributed by atoms with E-state index in [0.717, 1.165) is 32.0 Å². The van der Waals surface area contributed by atoms with Crippen LogP contribution in [0.3, 0.4) is 0 Å². The van der Waals surface area contributed by atoms with Gasteiger partial charge in [0.1, 0.15) is 0 Å². The van der Waals surface area contributed by atoms with Crippen LogP contribution >= 0.6 is 0 Å². The van der Waals surface area contributed by atoms with Crippen LogP contribution in [-0.4, -0.2) is 22.9 Å². The summed E-state index contributed by atoms with van der Waals surface area (Å²) in [5, 5.41) is 7.64. The maximum Gasteiger partial charge on any atom is 0.0606 e. The van der Waals surface area contributed by atoms with Crippen LogP contribution in [0.1, 0.15) is 32.9 Å². The molecule has 0 aliphatic carbocycles. The molecule has 0 saturated carbocycles. The Hall–Kier alpha value is -1.09. The minimum absolute atomic E-state index is 0.727. The molecule has 1 aromatic rings. The molecule has 1 heterocycles. The predicted molar refractivity (Wildman–Crippen MR) is 69.3 cm³/mol. The first-order valence-electron chi connectivity index (χ1n) is 6.13. The van der Waals surface area contributed by atoms with E-state index in [-0.39, 0.29) is 0 Å². The molecule has 0 aliphatic rings. The van der Waals surface area contributed by atoms with Crippen molar-refractivity contribution in [3.63, 3.8) is 0 Å². The third kappa shape index (κ3) is 4.62. The Morgan fingerprint density at radius 3 is 3.00 bits per heavy atom. The lowest BCUT2D eigenvalue weighted by Gasteiger charge is -2.05. The molecule has 0 saturated heterocycles. The summed E-state index contributed by atoms with van der Waals surface area (Å²) < 4.78 is 2.00. The summed E-state index contributed by atoms with van der Waals surface area (Å²) in [4.78, 5) is 0. The molecular formula is C13H23N3. The van der Waals surface area contributed by atoms with Crippen molar-refractivity contribution >= 4 is 6.08 Å². The maximum atomic E-state index is 4.22. The van der Waals surface area contributed by atoms with E-state index in [0.29, 0.717) is 0 Å². The maximum absolute atomic E-state index is 4.22. The van der Waals surface area contributed by atoms with Crippen molar-refractivity contribution in [2.24, 2.45) is 5.92 Å². The monoisotopic (exact) mass is 221 g/mol. The van der Waals surface area contributed by atoms with Gasteiger partial charge in [-0.1, -0.05) is 19.9 Å². The molecule has 3 heteroatoms. The number of nitrogens with one attached hydrogen (secondary N) is 1. The Bertz CT molecular complexity index is 313. The van der Waals surface area contributed by atoms with Crippen LogP contribution in [0.25, 0.3) is 6.08 Å². The number of aromatic nitrogens is 2. The van der Waals surface area contributed by atoms with Gasteiger partial charge in [0.15, 0.2) is 0 Å². The Kier molecular flexibility index (Phi) is 5.86. The normalized spacial score (nSPS) is 11.8. The molecule has 0 spiro atoms. The quantitative estimate of drug-likeness (QED) is 0.717. The Balaban J connectivity index is 2.22. The van der Waals surface area contributed by atoms with Crippen LogP contribution in [0.5, 0.6) is 0 Å². The zero-order chi connectivity index (χ0) is 11.8. The highest BCUT2D eigenvalue weighted by Crippen LogP contribution is 2.02. The van der Waals surface area contributed by atoms with Crippen LogP contribution < -0.4 is 5.32 Å². The van der Waals surface area contributed by atoms with Crippen molar-refractivity contribution < 1.29 is 0 Å². The number of hydrogen-bond donors (Lipinski definition) is 1. The summed E-state index contributed by atoms with van der Waals surface area (Å²) in [6.07, 6.45) is 7.27. The molecule has 1 aromatic heterocycles. The second kappa shape index (κ2) is 7.23. The van der Waals surface area contributed by atoms with Gasteiger partial charge < -0.3 is 5.32 Å². The van der Waals surface area contributed by atoms with E-state index < -0.39 is 0 Å². The van der Waals surface area contributed by atoms with Crippen molar-refractivity contribution in [1.82, 2.24) is 15.1 Å². The minimum Gasteiger partial charge on any atom is -0.316 e. The van der Waals surface area contributed by atoms with E-state index in [1.54, 1.807) is 0 Å². The number of aryl methyl sites for hydroxylation is 1. The molecule has 0 radical (unpaired) electrons. The third-order valence-corrected chi connectivity index (χ3v) is 2.38. The van der Waals surface area contributed by atoms with Crippen molar-refractivity contribution in [2.75, 3.05) is 13.1 Å². The van der Waals surface area contributed by atoms with E-state index in [9.17, 15) is 0 Å². The zero-order valence-electron chi connectivity index (χ0n) is 10.6. The smallest absolute Gasteiger partial charge is 0.0606 e. The summed E-state index contributed by atoms with van der Waals surface area (Å²) in [5.74, 6) is 0.727. The van der Waals surface area contributed by atoms with Crippen molar-refractivity contribution in [1.29, 1.82) is 0 Å². The predicted octanol–water partition coefficient (Wildman–Crippen LogP) is 2.55. The molecular weight excluding hydrogens is 198 g/mol. The lowest BCUT2D eigenvalue weighted by molar-refractivity contribution is 0.557. The largest absolute Gasteiger partial charge is 0.316 e. The van der Waals surface area contributed by atoms with Crippen molar-refractivity contribution in [3.05, 3.63) is 24.0 Å². The molecule has 0 amide bonds. The summed E-state index contributed by atoms with van der Waals surface area (Å²) in [6.45, 7) is 9.63. The van der Waals surface area contributed by atoms with Gasteiger partial charge in [-0.25, -0.2) is 0 Å². The van der Waals surface area contributed by atoms with Crippen LogP contribution in [0.2, 0.25) is 0 Å². The number of nitrogens with zero attached hydrogens (tertiary/aromatic N) is 2. The first kappa shape index (κ1) is 13.0. The lowest BCUT2D eigenvalue weighted by atomic mass is 10.2. The highest BCUT2D eigenvalue weighted by Gasteiger charge is 1.94. The van der Waals surface area contributed by atoms with Crippen LogP contribution in [0.4, 0.5) is 0 Å². The first-order valence-corrected chi connectivity index (χ1v) is 6.13. The SMILES string of the molecule is CCn1nccc1C=CCCNCC(C)C. The molecule has 1 N–H and O–H groups in total. The lowest BCUT2D eigenvalue weighted by Crippen LogP contribution is -2.20. The molecule has 90 valence electrons. The second-order valence-electron chi connectivity index (χ2n) is 4.36. The van der Waals surface area contributed by atoms with Gasteiger partial charge in [-0.2, -0.15) is 5.10 Å². The summed E-state index contributed by atoms with van der Waals surface area (Å²) in [5.41, 5.74) is 1.19. The molecule has 0 atom stereocenters. The Morgan fingerprint density at radius 2 is 2.31 bits per heavy atom. The van der Waals surface area contributed by atoms with Gasteiger partial charge in [-0.3, -0.25) is 4.68 Å². The molecule has 1 rings (SSSR count). The first-order chi connectivity index (χ1) is 7.74. The summed E-state index contributed by atoms with van der Waals surface area (Å²) >= 11 is 0. The third-order valence-electron chi connectivity index (χ3n) is 2.38. The van der Waals surface area contributed by atoms with E-state index in [2.05, 4.69) is 43.3 Å². The van der Waals surface area contributed by atoms with Crippen LogP contribution in [-0.2, 0) is 6.54 Å². The summed E-state index contributed by atoms with van der Waals surface area (Å²) in [7, 11) is 0. The number of rotatable bonds is 7. The van der Waals surface area contributed by atoms with Crippen LogP contribution in [0.15, 0.2) is 18.3 Å². The standard InChI is InChI=1S/C13H23N3/c1-4-16-13(8-10-15-16)7-5-6-9-14-11-12(2)3/h5,7-8,10,12,14H,4,6,9,11H2,1-3H3. The molecule has 16 heavy (non-hydrogen) atoms. The number of hydrogen-bond acceptors (Lipinski definition) is 2. The average Bonchev–Trinajstić information content (AvgIpc) is 2.70. The van der Waals surface area contributed by atoms with Gasteiger partial charge >= 0.3 is 0 Å². The molecule has 0 fully saturated rings. The molecule has 0 unspecified atom stereocenters. The molecule has 0 bridgehead atoms. The van der Waals surface area contributed by atoms with Gasteiger partial charge in [0.05, 0.1) is 5.69 Å². The van der Waals surface area contributed by atoms with Crippen LogP contribution in [0, 0.1) is 5.92 Å². The van der Waals surface area contributed by atoms with Gasteiger partial charge in [0.25, 0.3) is 0 Å². The summed E-state index contributed by atoms with van der Waals surface area (Å²) in [6, 6.07) is 2.04. The van der Waals surface area contributed by atoms with E-state index in [4.69, 9.17) is 0 Å². The fourth-order valence-corrected chi connectivity index (χ4v) is 1.53. The van der Waals surface area contributed by atoms with Gasteiger partial charge in [0.2, 0.25) is 0 Å². The van der Waals surface area contributed by atoms with Gasteiger partial charge in [-0.05, 0) is 44.5 Å². The van der Waals surface area contributed by atoms with E-state index in [1.165, 1.54) is 5.69 Å². The molecule has 0 aliphatic heterocycles. The fraction of sp³-hybridized carbons (Fsp3) is 0.615. The average molecular weight is 221 g/mol. The Morgan fingerprint density at radius 1 is 1.50 bits per heavy atom. The molecule has 0 aromatic carbocycles. The van der Waals surface area contributed by atoms with Crippen molar-refractivity contribution in [3.8, 4) is 0 Å². The highest BCUT2D eigenvalue weighted by atomic mass is 15.3. The molecule has 3 nitrogen and oxygen atoms in total. The zero-order valence-corrected chi connectivity index (χ0v) is 10.6. The fourth-order valence-electron chi connectivity index (χ4n) is 1.53. The van der Waals surface area contributed by atoms with Gasteiger partial charge in [0, 0.05) is 12.7 Å². The topological polar surface area (TPSA) is 29.9 Å². The second-order valence-corrected chi connectivity index (χ2v) is 4.36. The van der Waals surface area contributed by atoms with E-state index in [1.807, 2.05) is 16.9 Å². The van der Waals surface area contributed by atoms with Crippen molar-refractivity contribution in [2.45, 2.75) is 33.7 Å². The van der Waals surface area contributed by atoms with E-state index >= 15 is 0 Å².